The summed E-state index contributed by atoms with van der Waals surface area (Å²) in [5.41, 5.74) is 3.44. The number of nitrogens with one attached hydrogen (secondary N) is 1. The molecule has 1 N–H and O–H groups in total. The molecule has 0 bridgehead atoms. The van der Waals surface area contributed by atoms with Crippen LogP contribution in [0.2, 0.25) is 5.02 Å². The number of carbonyl (C=O) groups is 2. The molecule has 0 aliphatic carbocycles. The molecule has 0 spiro atoms. The van der Waals surface area contributed by atoms with Gasteiger partial charge in [-0.2, -0.15) is 0 Å². The highest BCUT2D eigenvalue weighted by atomic mass is 35.5. The Labute approximate surface area is 227 Å². The zero-order valence-corrected chi connectivity index (χ0v) is 23.0. The summed E-state index contributed by atoms with van der Waals surface area (Å²) in [7, 11) is 1.52. The molecule has 3 heterocycles. The molecule has 3 aromatic rings. The zero-order chi connectivity index (χ0) is 27.1. The Morgan fingerprint density at radius 1 is 1.18 bits per heavy atom. The van der Waals surface area contributed by atoms with E-state index in [0.717, 1.165) is 23.3 Å². The molecule has 10 heteroatoms. The highest BCUT2D eigenvalue weighted by molar-refractivity contribution is 7.07. The molecule has 38 heavy (non-hydrogen) atoms. The number of aromatic nitrogens is 1. The van der Waals surface area contributed by atoms with E-state index in [0.29, 0.717) is 50.1 Å². The van der Waals surface area contributed by atoms with Crippen molar-refractivity contribution in [3.63, 3.8) is 0 Å². The minimum atomic E-state index is -0.906. The average Bonchev–Trinajstić information content (AvgIpc) is 3.38. The van der Waals surface area contributed by atoms with Gasteiger partial charge in [-0.1, -0.05) is 47.9 Å². The van der Waals surface area contributed by atoms with Crippen LogP contribution >= 0.6 is 22.9 Å². The molecular weight excluding hydrogens is 526 g/mol. The number of anilines is 1. The van der Waals surface area contributed by atoms with Crippen LogP contribution < -0.4 is 24.9 Å². The predicted molar refractivity (Wildman–Crippen MR) is 146 cm³/mol. The van der Waals surface area contributed by atoms with Gasteiger partial charge in [-0.25, -0.2) is 9.79 Å². The number of esters is 1. The number of ether oxygens (including phenoxy) is 2. The van der Waals surface area contributed by atoms with Crippen molar-refractivity contribution in [3.05, 3.63) is 89.1 Å². The summed E-state index contributed by atoms with van der Waals surface area (Å²) in [5.74, 6) is -0.466. The fraction of sp³-hybridized carbons (Fsp3) is 0.286. The first-order valence-corrected chi connectivity index (χ1v) is 13.5. The van der Waals surface area contributed by atoms with Gasteiger partial charge in [0.25, 0.3) is 11.5 Å². The number of carbonyl (C=O) groups excluding carboxylic acids is 2. The molecule has 196 valence electrons. The van der Waals surface area contributed by atoms with Gasteiger partial charge in [-0.15, -0.1) is 0 Å². The van der Waals surface area contributed by atoms with Gasteiger partial charge in [0.2, 0.25) is 0 Å². The van der Waals surface area contributed by atoms with Crippen LogP contribution in [0.5, 0.6) is 5.75 Å². The average molecular weight is 552 g/mol. The van der Waals surface area contributed by atoms with E-state index in [4.69, 9.17) is 26.1 Å². The first-order valence-electron chi connectivity index (χ1n) is 12.3. The number of rotatable bonds is 6. The third kappa shape index (κ3) is 4.25. The van der Waals surface area contributed by atoms with E-state index in [-0.39, 0.29) is 22.6 Å². The molecule has 0 radical (unpaired) electrons. The number of amides is 1. The van der Waals surface area contributed by atoms with Gasteiger partial charge in [0.1, 0.15) is 16.3 Å². The first kappa shape index (κ1) is 25.9. The van der Waals surface area contributed by atoms with Gasteiger partial charge in [0.15, 0.2) is 4.80 Å². The summed E-state index contributed by atoms with van der Waals surface area (Å²) in [6.07, 6.45) is 1.21. The van der Waals surface area contributed by atoms with Crippen molar-refractivity contribution in [2.24, 2.45) is 4.99 Å². The maximum Gasteiger partial charge on any atom is 0.338 e. The Hall–Kier alpha value is -3.69. The Morgan fingerprint density at radius 2 is 1.97 bits per heavy atom. The van der Waals surface area contributed by atoms with Gasteiger partial charge in [-0.05, 0) is 50.6 Å². The standard InChI is InChI=1S/C28H26ClN3O5S/c1-5-7-19-22(27(35)37-6-2)23(17-13-15(29)9-11-20(17)36-4)32-26(34)24(38-28(32)31-19)21-16-12-14(3)8-10-18(16)30-25(21)33/h8-13,23H,5-7H2,1-4H3,(H,30,33)/b24-21+/t23-/m1/s1. The molecule has 2 aliphatic rings. The van der Waals surface area contributed by atoms with Crippen molar-refractivity contribution < 1.29 is 19.1 Å². The first-order chi connectivity index (χ1) is 18.3. The molecule has 0 saturated carbocycles. The largest absolute Gasteiger partial charge is 0.496 e. The topological polar surface area (TPSA) is 99.0 Å². The molecule has 0 fully saturated rings. The molecule has 1 amide bonds. The Morgan fingerprint density at radius 3 is 2.68 bits per heavy atom. The van der Waals surface area contributed by atoms with Crippen LogP contribution in [0.3, 0.4) is 0 Å². The second-order valence-electron chi connectivity index (χ2n) is 9.00. The van der Waals surface area contributed by atoms with Crippen LogP contribution in [-0.2, 0) is 14.3 Å². The summed E-state index contributed by atoms with van der Waals surface area (Å²) >= 11 is 7.52. The van der Waals surface area contributed by atoms with E-state index in [9.17, 15) is 14.4 Å². The van der Waals surface area contributed by atoms with Gasteiger partial charge in [0, 0.05) is 21.8 Å². The highest BCUT2D eigenvalue weighted by Gasteiger charge is 2.37. The third-order valence-corrected chi connectivity index (χ3v) is 7.79. The van der Waals surface area contributed by atoms with E-state index in [2.05, 4.69) is 5.32 Å². The molecule has 5 rings (SSSR count). The van der Waals surface area contributed by atoms with Gasteiger partial charge >= 0.3 is 5.97 Å². The maximum atomic E-state index is 14.2. The quantitative estimate of drug-likeness (QED) is 0.469. The highest BCUT2D eigenvalue weighted by Crippen LogP contribution is 2.38. The van der Waals surface area contributed by atoms with Crippen molar-refractivity contribution in [2.75, 3.05) is 19.0 Å². The normalized spacial score (nSPS) is 17.5. The molecule has 2 aliphatic heterocycles. The van der Waals surface area contributed by atoms with Crippen molar-refractivity contribution in [3.8, 4) is 5.75 Å². The number of methoxy groups -OCH3 is 1. The summed E-state index contributed by atoms with van der Waals surface area (Å²) in [4.78, 5) is 45.8. The van der Waals surface area contributed by atoms with Crippen molar-refractivity contribution >= 4 is 46.1 Å². The third-order valence-electron chi connectivity index (χ3n) is 6.50. The lowest BCUT2D eigenvalue weighted by atomic mass is 9.93. The van der Waals surface area contributed by atoms with Gasteiger partial charge < -0.3 is 14.8 Å². The second kappa shape index (κ2) is 10.2. The number of aryl methyl sites for hydroxylation is 1. The van der Waals surface area contributed by atoms with Crippen molar-refractivity contribution in [1.82, 2.24) is 4.57 Å². The number of halogens is 1. The van der Waals surface area contributed by atoms with Crippen LogP contribution in [0.25, 0.3) is 5.57 Å². The monoisotopic (exact) mass is 551 g/mol. The molecule has 1 atom stereocenters. The number of allylic oxidation sites excluding steroid dienone is 1. The fourth-order valence-electron chi connectivity index (χ4n) is 4.89. The lowest BCUT2D eigenvalue weighted by molar-refractivity contribution is -0.139. The predicted octanol–water partition coefficient (Wildman–Crippen LogP) is 3.87. The summed E-state index contributed by atoms with van der Waals surface area (Å²) in [6.45, 7) is 5.80. The summed E-state index contributed by atoms with van der Waals surface area (Å²) < 4.78 is 12.8. The number of fused-ring (bicyclic) bond motifs is 2. The molecular formula is C28H26ClN3O5S. The van der Waals surface area contributed by atoms with E-state index in [1.807, 2.05) is 32.0 Å². The number of benzene rings is 2. The van der Waals surface area contributed by atoms with E-state index >= 15 is 0 Å². The number of nitrogens with zero attached hydrogens (tertiary/aromatic N) is 2. The SMILES string of the molecule is CCCC1=C(C(=O)OCC)[C@@H](c2cc(Cl)ccc2OC)n2c(s/c(=C3/C(=O)Nc4ccc(C)cc43)c2=O)=N1. The lowest BCUT2D eigenvalue weighted by Crippen LogP contribution is -2.41. The van der Waals surface area contributed by atoms with E-state index < -0.39 is 17.6 Å². The maximum absolute atomic E-state index is 14.2. The molecule has 8 nitrogen and oxygen atoms in total. The van der Waals surface area contributed by atoms with E-state index in [1.165, 1.54) is 11.7 Å². The smallest absolute Gasteiger partial charge is 0.338 e. The van der Waals surface area contributed by atoms with Crippen molar-refractivity contribution in [2.45, 2.75) is 39.7 Å². The molecule has 0 unspecified atom stereocenters. The lowest BCUT2D eigenvalue weighted by Gasteiger charge is -2.27. The zero-order valence-electron chi connectivity index (χ0n) is 21.4. The summed E-state index contributed by atoms with van der Waals surface area (Å²) in [6, 6.07) is 9.75. The molecule has 0 saturated heterocycles. The Bertz CT molecular complexity index is 1700. The van der Waals surface area contributed by atoms with E-state index in [1.54, 1.807) is 25.1 Å². The van der Waals surface area contributed by atoms with Gasteiger partial charge in [-0.3, -0.25) is 14.2 Å². The molecule has 2 aromatic carbocycles. The molecule has 1 aromatic heterocycles. The summed E-state index contributed by atoms with van der Waals surface area (Å²) in [5, 5.41) is 3.27. The van der Waals surface area contributed by atoms with Crippen LogP contribution in [0.1, 0.15) is 49.4 Å². The number of hydrogen-bond acceptors (Lipinski definition) is 7. The second-order valence-corrected chi connectivity index (χ2v) is 10.4. The Balaban J connectivity index is 1.89. The van der Waals surface area contributed by atoms with Crippen LogP contribution in [0.4, 0.5) is 5.69 Å². The minimum absolute atomic E-state index is 0.159. The van der Waals surface area contributed by atoms with Crippen LogP contribution in [0.15, 0.2) is 57.5 Å². The minimum Gasteiger partial charge on any atom is -0.496 e. The fourth-order valence-corrected chi connectivity index (χ4v) is 6.19. The van der Waals surface area contributed by atoms with Crippen molar-refractivity contribution in [1.29, 1.82) is 0 Å². The number of thiazole rings is 1. The van der Waals surface area contributed by atoms with Crippen LogP contribution in [-0.4, -0.2) is 30.2 Å². The van der Waals surface area contributed by atoms with Crippen LogP contribution in [0, 0.1) is 6.92 Å². The van der Waals surface area contributed by atoms with Gasteiger partial charge in [0.05, 0.1) is 30.6 Å². The Kier molecular flexibility index (Phi) is 6.98. The number of hydrogen-bond donors (Lipinski definition) is 1.